The van der Waals surface area contributed by atoms with Gasteiger partial charge in [0, 0.05) is 37.7 Å². The summed E-state index contributed by atoms with van der Waals surface area (Å²) < 4.78 is 27.8. The molecule has 3 rings (SSSR count). The van der Waals surface area contributed by atoms with Gasteiger partial charge in [-0.25, -0.2) is 13.1 Å². The maximum Gasteiger partial charge on any atom is 0.240 e. The molecule has 1 aromatic carbocycles. The van der Waals surface area contributed by atoms with Crippen molar-refractivity contribution < 1.29 is 18.3 Å². The summed E-state index contributed by atoms with van der Waals surface area (Å²) in [7, 11) is -3.62. The first-order valence-corrected chi connectivity index (χ1v) is 9.87. The molecule has 2 aliphatic rings. The van der Waals surface area contributed by atoms with Gasteiger partial charge in [-0.05, 0) is 43.0 Å². The Kier molecular flexibility index (Phi) is 4.68. The zero-order chi connectivity index (χ0) is 17.4. The predicted octanol–water partition coefficient (Wildman–Crippen LogP) is 1.43. The summed E-state index contributed by atoms with van der Waals surface area (Å²) in [5.41, 5.74) is 1.35. The lowest BCUT2D eigenvalue weighted by Crippen LogP contribution is -2.38. The lowest BCUT2D eigenvalue weighted by molar-refractivity contribution is -0.116. The molecule has 7 heteroatoms. The minimum absolute atomic E-state index is 0.00722. The van der Waals surface area contributed by atoms with Gasteiger partial charge in [-0.15, -0.1) is 0 Å². The van der Waals surface area contributed by atoms with Gasteiger partial charge in [-0.2, -0.15) is 0 Å². The molecule has 0 spiro atoms. The highest BCUT2D eigenvalue weighted by atomic mass is 32.2. The second-order valence-electron chi connectivity index (χ2n) is 6.90. The first-order valence-electron chi connectivity index (χ1n) is 8.38. The zero-order valence-electron chi connectivity index (χ0n) is 13.9. The van der Waals surface area contributed by atoms with Crippen LogP contribution in [0.2, 0.25) is 0 Å². The van der Waals surface area contributed by atoms with Crippen molar-refractivity contribution in [3.63, 3.8) is 0 Å². The second kappa shape index (κ2) is 6.46. The molecule has 1 aliphatic heterocycles. The molecular formula is C17H24N2O4S. The van der Waals surface area contributed by atoms with Crippen molar-refractivity contribution in [3.8, 4) is 0 Å². The number of nitrogens with zero attached hydrogens (tertiary/aromatic N) is 1. The number of hydrogen-bond acceptors (Lipinski definition) is 4. The van der Waals surface area contributed by atoms with Crippen LogP contribution in [0.25, 0.3) is 0 Å². The highest BCUT2D eigenvalue weighted by Crippen LogP contribution is 2.37. The third kappa shape index (κ3) is 3.20. The third-order valence-electron chi connectivity index (χ3n) is 5.27. The van der Waals surface area contributed by atoms with Crippen LogP contribution in [0.4, 0.5) is 5.69 Å². The number of aliphatic hydroxyl groups is 1. The predicted molar refractivity (Wildman–Crippen MR) is 91.3 cm³/mol. The molecule has 1 aliphatic carbocycles. The molecule has 1 fully saturated rings. The number of aliphatic hydroxyl groups excluding tert-OH is 1. The van der Waals surface area contributed by atoms with Gasteiger partial charge in [-0.1, -0.05) is 12.8 Å². The van der Waals surface area contributed by atoms with E-state index in [1.54, 1.807) is 23.1 Å². The summed E-state index contributed by atoms with van der Waals surface area (Å²) >= 11 is 0. The number of nitrogens with one attached hydrogen (secondary N) is 1. The van der Waals surface area contributed by atoms with Crippen molar-refractivity contribution in [1.82, 2.24) is 4.72 Å². The van der Waals surface area contributed by atoms with E-state index in [0.717, 1.165) is 36.9 Å². The average Bonchev–Trinajstić information content (AvgIpc) is 3.20. The second-order valence-corrected chi connectivity index (χ2v) is 8.67. The van der Waals surface area contributed by atoms with Crippen molar-refractivity contribution in [1.29, 1.82) is 0 Å². The fourth-order valence-electron chi connectivity index (χ4n) is 3.72. The van der Waals surface area contributed by atoms with Crippen LogP contribution in [0.1, 0.15) is 38.2 Å². The largest absolute Gasteiger partial charge is 0.396 e. The van der Waals surface area contributed by atoms with Crippen LogP contribution in [0, 0.1) is 5.41 Å². The number of benzene rings is 1. The first-order chi connectivity index (χ1) is 11.4. The van der Waals surface area contributed by atoms with Crippen molar-refractivity contribution in [2.24, 2.45) is 5.41 Å². The topological polar surface area (TPSA) is 86.7 Å². The fraction of sp³-hybridized carbons (Fsp3) is 0.588. The number of rotatable bonds is 5. The number of amides is 1. The first kappa shape index (κ1) is 17.4. The number of fused-ring (bicyclic) bond motifs is 1. The molecule has 1 amide bonds. The number of hydrogen-bond donors (Lipinski definition) is 2. The van der Waals surface area contributed by atoms with Gasteiger partial charge in [0.05, 0.1) is 4.90 Å². The maximum absolute atomic E-state index is 12.6. The Morgan fingerprint density at radius 2 is 2.04 bits per heavy atom. The Morgan fingerprint density at radius 3 is 2.67 bits per heavy atom. The van der Waals surface area contributed by atoms with E-state index in [1.165, 1.54) is 6.92 Å². The molecule has 0 saturated heterocycles. The van der Waals surface area contributed by atoms with Crippen LogP contribution in [0.5, 0.6) is 0 Å². The van der Waals surface area contributed by atoms with E-state index in [2.05, 4.69) is 4.72 Å². The normalized spacial score (nSPS) is 19.5. The van der Waals surface area contributed by atoms with E-state index in [9.17, 15) is 18.3 Å². The summed E-state index contributed by atoms with van der Waals surface area (Å²) in [6, 6.07) is 4.90. The van der Waals surface area contributed by atoms with Gasteiger partial charge in [0.2, 0.25) is 15.9 Å². The molecule has 6 nitrogen and oxygen atoms in total. The molecule has 24 heavy (non-hydrogen) atoms. The Labute approximate surface area is 142 Å². The molecule has 132 valence electrons. The minimum atomic E-state index is -3.62. The number of carbonyl (C=O) groups is 1. The van der Waals surface area contributed by atoms with Crippen molar-refractivity contribution in [2.75, 3.05) is 24.6 Å². The van der Waals surface area contributed by atoms with Crippen molar-refractivity contribution in [3.05, 3.63) is 23.8 Å². The van der Waals surface area contributed by atoms with Gasteiger partial charge in [0.25, 0.3) is 0 Å². The van der Waals surface area contributed by atoms with Crippen LogP contribution in [-0.2, 0) is 21.2 Å². The zero-order valence-corrected chi connectivity index (χ0v) is 14.7. The molecular weight excluding hydrogens is 328 g/mol. The smallest absolute Gasteiger partial charge is 0.240 e. The standard InChI is InChI=1S/C17H24N2O4S/c1-13(21)19-9-6-14-10-15(4-5-16(14)19)24(22,23)18-11-17(12-20)7-2-3-8-17/h4-5,10,18,20H,2-3,6-9,11-12H2,1H3. The van der Waals surface area contributed by atoms with Crippen molar-refractivity contribution in [2.45, 2.75) is 43.9 Å². The van der Waals surface area contributed by atoms with Gasteiger partial charge >= 0.3 is 0 Å². The van der Waals surface area contributed by atoms with E-state index >= 15 is 0 Å². The van der Waals surface area contributed by atoms with Crippen LogP contribution >= 0.6 is 0 Å². The Bertz CT molecular complexity index is 739. The molecule has 0 unspecified atom stereocenters. The van der Waals surface area contributed by atoms with Gasteiger partial charge in [0.15, 0.2) is 0 Å². The van der Waals surface area contributed by atoms with E-state index in [-0.39, 0.29) is 29.4 Å². The molecule has 1 aromatic rings. The number of anilines is 1. The van der Waals surface area contributed by atoms with E-state index < -0.39 is 10.0 Å². The highest BCUT2D eigenvalue weighted by molar-refractivity contribution is 7.89. The summed E-state index contributed by atoms with van der Waals surface area (Å²) in [4.78, 5) is 13.5. The maximum atomic E-state index is 12.6. The van der Waals surface area contributed by atoms with Gasteiger partial charge < -0.3 is 10.0 Å². The van der Waals surface area contributed by atoms with Crippen LogP contribution in [0.15, 0.2) is 23.1 Å². The van der Waals surface area contributed by atoms with Crippen LogP contribution in [0.3, 0.4) is 0 Å². The van der Waals surface area contributed by atoms with Gasteiger partial charge in [0.1, 0.15) is 0 Å². The third-order valence-corrected chi connectivity index (χ3v) is 6.67. The molecule has 2 N–H and O–H groups in total. The number of sulfonamides is 1. The summed E-state index contributed by atoms with van der Waals surface area (Å²) in [5, 5.41) is 9.62. The van der Waals surface area contributed by atoms with Crippen molar-refractivity contribution >= 4 is 21.6 Å². The average molecular weight is 352 g/mol. The van der Waals surface area contributed by atoms with E-state index in [4.69, 9.17) is 0 Å². The lowest BCUT2D eigenvalue weighted by atomic mass is 9.88. The summed E-state index contributed by atoms with van der Waals surface area (Å²) in [6.07, 6.45) is 4.43. The molecule has 0 aromatic heterocycles. The minimum Gasteiger partial charge on any atom is -0.396 e. The molecule has 1 heterocycles. The lowest BCUT2D eigenvalue weighted by Gasteiger charge is -2.26. The quantitative estimate of drug-likeness (QED) is 0.839. The monoisotopic (exact) mass is 352 g/mol. The SMILES string of the molecule is CC(=O)N1CCc2cc(S(=O)(=O)NCC3(CO)CCCC3)ccc21. The van der Waals surface area contributed by atoms with Crippen LogP contribution < -0.4 is 9.62 Å². The molecule has 0 radical (unpaired) electrons. The van der Waals surface area contributed by atoms with Gasteiger partial charge in [-0.3, -0.25) is 4.79 Å². The number of carbonyl (C=O) groups excluding carboxylic acids is 1. The van der Waals surface area contributed by atoms with Crippen LogP contribution in [-0.4, -0.2) is 39.1 Å². The molecule has 0 bridgehead atoms. The summed E-state index contributed by atoms with van der Waals surface area (Å²) in [5.74, 6) is -0.0337. The summed E-state index contributed by atoms with van der Waals surface area (Å²) in [6.45, 7) is 2.38. The van der Waals surface area contributed by atoms with E-state index in [0.29, 0.717) is 13.0 Å². The fourth-order valence-corrected chi connectivity index (χ4v) is 4.93. The highest BCUT2D eigenvalue weighted by Gasteiger charge is 2.34. The Morgan fingerprint density at radius 1 is 1.33 bits per heavy atom. The molecule has 0 atom stereocenters. The van der Waals surface area contributed by atoms with E-state index in [1.807, 2.05) is 0 Å². The Balaban J connectivity index is 1.77. The molecule has 1 saturated carbocycles. The Hall–Kier alpha value is -1.44.